The van der Waals surface area contributed by atoms with Gasteiger partial charge in [-0.25, -0.2) is 8.42 Å². The van der Waals surface area contributed by atoms with Crippen LogP contribution in [-0.2, 0) is 14.6 Å². The lowest BCUT2D eigenvalue weighted by Crippen LogP contribution is -2.44. The average Bonchev–Trinajstić information content (AvgIpc) is 3.08. The number of hydrogen-bond acceptors (Lipinski definition) is 5. The number of halogens is 1. The van der Waals surface area contributed by atoms with Crippen molar-refractivity contribution in [2.24, 2.45) is 5.92 Å². The zero-order valence-electron chi connectivity index (χ0n) is 26.9. The molecule has 4 aromatic rings. The van der Waals surface area contributed by atoms with Crippen LogP contribution in [0.25, 0.3) is 10.8 Å². The molecular weight excluding hydrogens is 660 g/mol. The Morgan fingerprint density at radius 2 is 1.52 bits per heavy atom. The van der Waals surface area contributed by atoms with Gasteiger partial charge in [-0.05, 0) is 84.8 Å². The number of hydrogen-bond donors (Lipinski definition) is 2. The first-order chi connectivity index (χ1) is 22.9. The summed E-state index contributed by atoms with van der Waals surface area (Å²) in [5.41, 5.74) is 4.34. The Hall–Kier alpha value is -3.46. The second-order valence-corrected chi connectivity index (χ2v) is 18.2. The molecule has 0 radical (unpaired) electrons. The highest BCUT2D eigenvalue weighted by Gasteiger charge is 2.51. The Morgan fingerprint density at radius 1 is 0.812 bits per heavy atom. The van der Waals surface area contributed by atoms with E-state index >= 15 is 0 Å². The average molecular weight is 699 g/mol. The molecule has 7 rings (SSSR count). The molecule has 5 atom stereocenters. The van der Waals surface area contributed by atoms with Gasteiger partial charge in [0.15, 0.2) is 9.84 Å². The Morgan fingerprint density at radius 3 is 2.23 bits per heavy atom. The highest BCUT2D eigenvalue weighted by molar-refractivity contribution is 8.27. The van der Waals surface area contributed by atoms with E-state index in [2.05, 4.69) is 0 Å². The van der Waals surface area contributed by atoms with E-state index < -0.39 is 48.7 Å². The van der Waals surface area contributed by atoms with E-state index in [1.165, 1.54) is 0 Å². The molecule has 4 aromatic carbocycles. The molecule has 5 unspecified atom stereocenters. The van der Waals surface area contributed by atoms with Crippen LogP contribution < -0.4 is 0 Å². The van der Waals surface area contributed by atoms with Crippen LogP contribution in [0.5, 0.6) is 0 Å². The largest absolute Gasteiger partial charge is 0.299 e. The molecule has 1 saturated carbocycles. The number of fused-ring (bicyclic) bond motifs is 2. The van der Waals surface area contributed by atoms with Crippen molar-refractivity contribution < 1.29 is 22.3 Å². The molecule has 0 aromatic heterocycles. The molecule has 3 aliphatic carbocycles. The first kappa shape index (κ1) is 33.1. The van der Waals surface area contributed by atoms with E-state index in [1.54, 1.807) is 30.3 Å². The summed E-state index contributed by atoms with van der Waals surface area (Å²) in [6.45, 7) is 3.90. The Bertz CT molecular complexity index is 2090. The van der Waals surface area contributed by atoms with Crippen molar-refractivity contribution in [3.8, 4) is 0 Å². The molecule has 0 aliphatic heterocycles. The highest BCUT2D eigenvalue weighted by atomic mass is 35.5. The third-order valence-corrected chi connectivity index (χ3v) is 15.3. The van der Waals surface area contributed by atoms with Gasteiger partial charge in [0.1, 0.15) is 5.78 Å². The minimum absolute atomic E-state index is 0.0584. The second-order valence-electron chi connectivity index (χ2n) is 13.4. The van der Waals surface area contributed by atoms with Gasteiger partial charge in [0.05, 0.1) is 15.4 Å². The maximum atomic E-state index is 14.5. The third kappa shape index (κ3) is 5.90. The fraction of sp³-hybridized carbons (Fsp3) is 0.275. The minimum atomic E-state index is -3.75. The van der Waals surface area contributed by atoms with Gasteiger partial charge in [0.25, 0.3) is 0 Å². The lowest BCUT2D eigenvalue weighted by Gasteiger charge is -2.48. The lowest BCUT2D eigenvalue weighted by molar-refractivity contribution is -0.123. The first-order valence-corrected chi connectivity index (χ1v) is 19.9. The molecule has 2 N–H and O–H groups in total. The van der Waals surface area contributed by atoms with Crippen molar-refractivity contribution in [2.45, 2.75) is 66.8 Å². The van der Waals surface area contributed by atoms with Crippen molar-refractivity contribution >= 4 is 48.6 Å². The van der Waals surface area contributed by atoms with Gasteiger partial charge in [-0.1, -0.05) is 108 Å². The van der Waals surface area contributed by atoms with E-state index in [4.69, 9.17) is 11.6 Å². The summed E-state index contributed by atoms with van der Waals surface area (Å²) in [7, 11) is -7.34. The summed E-state index contributed by atoms with van der Waals surface area (Å²) in [4.78, 5) is 15.2. The number of benzene rings is 4. The molecule has 48 heavy (non-hydrogen) atoms. The van der Waals surface area contributed by atoms with E-state index in [-0.39, 0.29) is 25.0 Å². The third-order valence-electron chi connectivity index (χ3n) is 10.4. The molecule has 0 spiro atoms. The fourth-order valence-corrected chi connectivity index (χ4v) is 12.3. The van der Waals surface area contributed by atoms with Crippen LogP contribution in [-0.4, -0.2) is 33.8 Å². The number of Topliss-reactive ketones (excluding diaryl/α,β-unsaturated/α-hetero) is 1. The maximum absolute atomic E-state index is 14.5. The zero-order chi connectivity index (χ0) is 33.8. The molecule has 5 nitrogen and oxygen atoms in total. The normalized spacial score (nSPS) is 25.1. The quantitative estimate of drug-likeness (QED) is 0.209. The Labute approximate surface area is 289 Å². The maximum Gasteiger partial charge on any atom is 0.160 e. The van der Waals surface area contributed by atoms with Gasteiger partial charge in [-0.2, -0.15) is 0 Å². The summed E-state index contributed by atoms with van der Waals surface area (Å²) in [5, 5.41) is 0.959. The molecule has 1 fully saturated rings. The van der Waals surface area contributed by atoms with Crippen molar-refractivity contribution in [1.29, 1.82) is 0 Å². The predicted molar refractivity (Wildman–Crippen MR) is 197 cm³/mol. The molecule has 8 heteroatoms. The van der Waals surface area contributed by atoms with Crippen LogP contribution in [0.2, 0.25) is 5.02 Å². The monoisotopic (exact) mass is 698 g/mol. The molecule has 0 amide bonds. The number of sulfone groups is 1. The van der Waals surface area contributed by atoms with Crippen LogP contribution in [0.1, 0.15) is 61.1 Å². The van der Waals surface area contributed by atoms with Gasteiger partial charge >= 0.3 is 0 Å². The molecule has 248 valence electrons. The van der Waals surface area contributed by atoms with Crippen molar-refractivity contribution in [1.82, 2.24) is 0 Å². The number of ketones is 1. The van der Waals surface area contributed by atoms with Gasteiger partial charge < -0.3 is 0 Å². The van der Waals surface area contributed by atoms with Gasteiger partial charge in [-0.15, -0.1) is 10.6 Å². The summed E-state index contributed by atoms with van der Waals surface area (Å²) >= 11 is 6.29. The fourth-order valence-electron chi connectivity index (χ4n) is 7.93. The number of carbonyl (C=O) groups excluding carboxylic acids is 1. The number of carbonyl (C=O) groups is 1. The SMILES string of the molecule is CC1=CCC(S(=O)(=O)C2CC3C(=O)CC(c4cccc5ccccc45)C(S(O)(O)c4ccc(C)cc4)=C3CC2c2ccc(Cl)cc2)C=C1. The van der Waals surface area contributed by atoms with Gasteiger partial charge in [-0.3, -0.25) is 13.9 Å². The first-order valence-electron chi connectivity index (χ1n) is 16.4. The van der Waals surface area contributed by atoms with Crippen LogP contribution in [0.4, 0.5) is 0 Å². The van der Waals surface area contributed by atoms with Crippen molar-refractivity contribution in [3.05, 3.63) is 147 Å². The van der Waals surface area contributed by atoms with Gasteiger partial charge in [0, 0.05) is 34.1 Å². The van der Waals surface area contributed by atoms with E-state index in [1.807, 2.05) is 92.7 Å². The summed E-state index contributed by atoms with van der Waals surface area (Å²) in [5.74, 6) is -1.90. The Balaban J connectivity index is 1.44. The predicted octanol–water partition coefficient (Wildman–Crippen LogP) is 10.2. The standard InChI is InChI=1S/C40H39ClO5S2/c1-25-10-18-30(19-11-25)47(43,44)39-24-35-36(22-34(39)28-14-16-29(41)17-15-28)40(48(45,46)31-20-12-26(2)13-21-31)37(23-38(35)42)33-9-5-7-27-6-3-4-8-32(27)33/h3-18,20-21,30,34-35,37,39,45-46H,19,22-24H2,1-2H3. The van der Waals surface area contributed by atoms with E-state index in [0.29, 0.717) is 26.8 Å². The van der Waals surface area contributed by atoms with Crippen LogP contribution in [0.3, 0.4) is 0 Å². The minimum Gasteiger partial charge on any atom is -0.299 e. The van der Waals surface area contributed by atoms with Gasteiger partial charge in [0.2, 0.25) is 0 Å². The van der Waals surface area contributed by atoms with Crippen LogP contribution >= 0.6 is 22.2 Å². The van der Waals surface area contributed by atoms with Crippen molar-refractivity contribution in [3.63, 3.8) is 0 Å². The number of rotatable bonds is 6. The second kappa shape index (κ2) is 12.8. The van der Waals surface area contributed by atoms with E-state index in [0.717, 1.165) is 33.0 Å². The highest BCUT2D eigenvalue weighted by Crippen LogP contribution is 2.66. The molecule has 0 heterocycles. The number of aryl methyl sites for hydroxylation is 1. The summed E-state index contributed by atoms with van der Waals surface area (Å²) < 4.78 is 53.8. The van der Waals surface area contributed by atoms with E-state index in [9.17, 15) is 22.3 Å². The molecular formula is C40H39ClO5S2. The molecule has 3 aliphatic rings. The lowest BCUT2D eigenvalue weighted by atomic mass is 9.67. The zero-order valence-corrected chi connectivity index (χ0v) is 29.3. The number of allylic oxidation sites excluding steroid dienone is 5. The van der Waals surface area contributed by atoms with Crippen LogP contribution in [0.15, 0.2) is 130 Å². The molecule has 0 bridgehead atoms. The topological polar surface area (TPSA) is 91.7 Å². The van der Waals surface area contributed by atoms with Crippen LogP contribution in [0, 0.1) is 12.8 Å². The van der Waals surface area contributed by atoms with Crippen molar-refractivity contribution in [2.75, 3.05) is 0 Å². The smallest absolute Gasteiger partial charge is 0.160 e. The summed E-state index contributed by atoms with van der Waals surface area (Å²) in [6.07, 6.45) is 6.32. The molecule has 0 saturated heterocycles. The summed E-state index contributed by atoms with van der Waals surface area (Å²) in [6, 6.07) is 28.4. The Kier molecular flexibility index (Phi) is 8.80.